The Morgan fingerprint density at radius 3 is 2.67 bits per heavy atom. The van der Waals surface area contributed by atoms with Crippen molar-refractivity contribution in [3.8, 4) is 0 Å². The molecule has 0 radical (unpaired) electrons. The van der Waals surface area contributed by atoms with E-state index in [1.165, 1.54) is 31.4 Å². The Labute approximate surface area is 109 Å². The van der Waals surface area contributed by atoms with Gasteiger partial charge in [-0.2, -0.15) is 5.10 Å². The third-order valence-electron chi connectivity index (χ3n) is 4.66. The van der Waals surface area contributed by atoms with Crippen LogP contribution in [0.1, 0.15) is 38.3 Å². The molecule has 2 unspecified atom stereocenters. The molecular weight excluding hydrogens is 224 g/mol. The molecule has 2 saturated heterocycles. The third-order valence-corrected chi connectivity index (χ3v) is 4.66. The van der Waals surface area contributed by atoms with Gasteiger partial charge in [0.2, 0.25) is 0 Å². The minimum atomic E-state index is 0.753. The van der Waals surface area contributed by atoms with Crippen molar-refractivity contribution in [3.63, 3.8) is 0 Å². The van der Waals surface area contributed by atoms with Crippen LogP contribution < -0.4 is 5.32 Å². The van der Waals surface area contributed by atoms with Gasteiger partial charge >= 0.3 is 0 Å². The second-order valence-electron chi connectivity index (χ2n) is 5.77. The van der Waals surface area contributed by atoms with Crippen LogP contribution in [0.2, 0.25) is 0 Å². The maximum Gasteiger partial charge on any atom is 0.0521 e. The molecule has 0 aromatic carbocycles. The summed E-state index contributed by atoms with van der Waals surface area (Å²) in [6.45, 7) is 4.45. The molecule has 0 saturated carbocycles. The van der Waals surface area contributed by atoms with E-state index in [0.717, 1.165) is 31.2 Å². The van der Waals surface area contributed by atoms with E-state index < -0.39 is 0 Å². The SMILES string of the molecule is CCN(Cc1ccnn1C)C1CC2CCC(C1)N2. The average molecular weight is 248 g/mol. The molecule has 2 atom stereocenters. The predicted molar refractivity (Wildman–Crippen MR) is 72.3 cm³/mol. The first-order chi connectivity index (χ1) is 8.76. The first-order valence-electron chi connectivity index (χ1n) is 7.23. The lowest BCUT2D eigenvalue weighted by molar-refractivity contribution is 0.137. The minimum Gasteiger partial charge on any atom is -0.311 e. The van der Waals surface area contributed by atoms with Crippen molar-refractivity contribution in [2.45, 2.75) is 57.3 Å². The molecule has 1 aromatic rings. The summed E-state index contributed by atoms with van der Waals surface area (Å²) in [5.74, 6) is 0. The van der Waals surface area contributed by atoms with E-state index in [4.69, 9.17) is 0 Å². The molecule has 0 aliphatic carbocycles. The van der Waals surface area contributed by atoms with Crippen molar-refractivity contribution in [1.29, 1.82) is 0 Å². The monoisotopic (exact) mass is 248 g/mol. The van der Waals surface area contributed by atoms with E-state index in [9.17, 15) is 0 Å². The summed E-state index contributed by atoms with van der Waals surface area (Å²) in [6.07, 6.45) is 7.30. The highest BCUT2D eigenvalue weighted by Gasteiger charge is 2.35. The molecule has 1 aromatic heterocycles. The molecule has 18 heavy (non-hydrogen) atoms. The number of fused-ring (bicyclic) bond motifs is 2. The highest BCUT2D eigenvalue weighted by Crippen LogP contribution is 2.30. The third kappa shape index (κ3) is 2.31. The fraction of sp³-hybridized carbons (Fsp3) is 0.786. The van der Waals surface area contributed by atoms with E-state index in [1.54, 1.807) is 0 Å². The molecule has 2 aliphatic heterocycles. The van der Waals surface area contributed by atoms with Crippen molar-refractivity contribution >= 4 is 0 Å². The van der Waals surface area contributed by atoms with Crippen LogP contribution in [0.25, 0.3) is 0 Å². The van der Waals surface area contributed by atoms with Crippen molar-refractivity contribution in [2.75, 3.05) is 6.54 Å². The van der Waals surface area contributed by atoms with Gasteiger partial charge in [-0.3, -0.25) is 9.58 Å². The van der Waals surface area contributed by atoms with Crippen molar-refractivity contribution in [3.05, 3.63) is 18.0 Å². The predicted octanol–water partition coefficient (Wildman–Crippen LogP) is 1.53. The van der Waals surface area contributed by atoms with Gasteiger partial charge in [0, 0.05) is 37.9 Å². The molecule has 0 amide bonds. The molecule has 2 fully saturated rings. The number of piperidine rings is 1. The number of nitrogens with zero attached hydrogens (tertiary/aromatic N) is 3. The number of hydrogen-bond donors (Lipinski definition) is 1. The Balaban J connectivity index is 1.67. The van der Waals surface area contributed by atoms with Gasteiger partial charge in [-0.15, -0.1) is 0 Å². The Morgan fingerprint density at radius 2 is 2.11 bits per heavy atom. The fourth-order valence-corrected chi connectivity index (χ4v) is 3.59. The Morgan fingerprint density at radius 1 is 1.39 bits per heavy atom. The van der Waals surface area contributed by atoms with Crippen LogP contribution in [0.4, 0.5) is 0 Å². The molecular formula is C14H24N4. The van der Waals surface area contributed by atoms with Crippen LogP contribution in [0.3, 0.4) is 0 Å². The highest BCUT2D eigenvalue weighted by molar-refractivity contribution is 5.02. The number of nitrogens with one attached hydrogen (secondary N) is 1. The fourth-order valence-electron chi connectivity index (χ4n) is 3.59. The lowest BCUT2D eigenvalue weighted by atomic mass is 9.98. The smallest absolute Gasteiger partial charge is 0.0521 e. The quantitative estimate of drug-likeness (QED) is 0.877. The van der Waals surface area contributed by atoms with Crippen LogP contribution in [0.5, 0.6) is 0 Å². The summed E-state index contributed by atoms with van der Waals surface area (Å²) >= 11 is 0. The van der Waals surface area contributed by atoms with Gasteiger partial charge in [-0.05, 0) is 38.3 Å². The summed E-state index contributed by atoms with van der Waals surface area (Å²) < 4.78 is 2.00. The van der Waals surface area contributed by atoms with Gasteiger partial charge in [0.05, 0.1) is 5.69 Å². The van der Waals surface area contributed by atoms with E-state index in [1.807, 2.05) is 17.9 Å². The molecule has 3 heterocycles. The van der Waals surface area contributed by atoms with E-state index in [2.05, 4.69) is 28.3 Å². The summed E-state index contributed by atoms with van der Waals surface area (Å²) in [6, 6.07) is 4.44. The zero-order valence-corrected chi connectivity index (χ0v) is 11.5. The van der Waals surface area contributed by atoms with Crippen molar-refractivity contribution in [1.82, 2.24) is 20.0 Å². The van der Waals surface area contributed by atoms with Gasteiger partial charge in [0.15, 0.2) is 0 Å². The Hall–Kier alpha value is -0.870. The lowest BCUT2D eigenvalue weighted by Crippen LogP contribution is -2.48. The number of hydrogen-bond acceptors (Lipinski definition) is 3. The molecule has 3 rings (SSSR count). The van der Waals surface area contributed by atoms with Gasteiger partial charge in [-0.25, -0.2) is 0 Å². The summed E-state index contributed by atoms with van der Waals surface area (Å²) in [4.78, 5) is 2.63. The second kappa shape index (κ2) is 5.02. The average Bonchev–Trinajstić information content (AvgIpc) is 2.92. The zero-order valence-electron chi connectivity index (χ0n) is 11.5. The van der Waals surface area contributed by atoms with Crippen LogP contribution in [-0.2, 0) is 13.6 Å². The molecule has 1 N–H and O–H groups in total. The Kier molecular flexibility index (Phi) is 3.39. The second-order valence-corrected chi connectivity index (χ2v) is 5.77. The summed E-state index contributed by atoms with van der Waals surface area (Å²) in [7, 11) is 2.04. The number of aromatic nitrogens is 2. The Bertz CT molecular complexity index is 388. The van der Waals surface area contributed by atoms with E-state index in [0.29, 0.717) is 0 Å². The van der Waals surface area contributed by atoms with Gasteiger partial charge < -0.3 is 5.32 Å². The maximum atomic E-state index is 4.27. The summed E-state index contributed by atoms with van der Waals surface area (Å²) in [5, 5.41) is 7.99. The van der Waals surface area contributed by atoms with Crippen LogP contribution in [0, 0.1) is 0 Å². The van der Waals surface area contributed by atoms with Crippen LogP contribution in [0.15, 0.2) is 12.3 Å². The van der Waals surface area contributed by atoms with Gasteiger partial charge in [0.25, 0.3) is 0 Å². The topological polar surface area (TPSA) is 33.1 Å². The van der Waals surface area contributed by atoms with E-state index in [-0.39, 0.29) is 0 Å². The van der Waals surface area contributed by atoms with Gasteiger partial charge in [0.1, 0.15) is 0 Å². The molecule has 4 nitrogen and oxygen atoms in total. The number of aryl methyl sites for hydroxylation is 1. The first-order valence-corrected chi connectivity index (χ1v) is 7.23. The molecule has 100 valence electrons. The van der Waals surface area contributed by atoms with E-state index >= 15 is 0 Å². The lowest BCUT2D eigenvalue weighted by Gasteiger charge is -2.37. The molecule has 4 heteroatoms. The standard InChI is InChI=1S/C14H24N4/c1-3-18(10-13-6-7-15-17(13)2)14-8-11-4-5-12(9-14)16-11/h6-7,11-12,14,16H,3-5,8-10H2,1-2H3. The van der Waals surface area contributed by atoms with Crippen LogP contribution in [-0.4, -0.2) is 39.4 Å². The maximum absolute atomic E-state index is 4.27. The molecule has 0 spiro atoms. The van der Waals surface area contributed by atoms with Crippen LogP contribution >= 0.6 is 0 Å². The molecule has 2 bridgehead atoms. The highest BCUT2D eigenvalue weighted by atomic mass is 15.3. The van der Waals surface area contributed by atoms with Gasteiger partial charge in [-0.1, -0.05) is 6.92 Å². The van der Waals surface area contributed by atoms with Crippen molar-refractivity contribution < 1.29 is 0 Å². The van der Waals surface area contributed by atoms with Crippen molar-refractivity contribution in [2.24, 2.45) is 7.05 Å². The number of rotatable bonds is 4. The largest absolute Gasteiger partial charge is 0.311 e. The zero-order chi connectivity index (χ0) is 12.5. The first kappa shape index (κ1) is 12.2. The normalized spacial score (nSPS) is 31.2. The summed E-state index contributed by atoms with van der Waals surface area (Å²) in [5.41, 5.74) is 1.32. The minimum absolute atomic E-state index is 0.753. The molecule has 2 aliphatic rings.